The van der Waals surface area contributed by atoms with Gasteiger partial charge in [0.25, 0.3) is 0 Å². The normalized spacial score (nSPS) is 21.3. The largest absolute Gasteiger partial charge is 0.403 e. The van der Waals surface area contributed by atoms with Gasteiger partial charge in [0.15, 0.2) is 0 Å². The average molecular weight is 281 g/mol. The van der Waals surface area contributed by atoms with Crippen LogP contribution in [-0.4, -0.2) is 60.1 Å². The molecule has 0 aromatic carbocycles. The Morgan fingerprint density at radius 1 is 1.26 bits per heavy atom. The summed E-state index contributed by atoms with van der Waals surface area (Å²) in [4.78, 5) is 14.8. The summed E-state index contributed by atoms with van der Waals surface area (Å²) in [6.07, 6.45) is -2.79. The van der Waals surface area contributed by atoms with Crippen molar-refractivity contribution in [1.82, 2.24) is 9.80 Å². The maximum atomic E-state index is 12.6. The number of hydrogen-bond acceptors (Lipinski definition) is 3. The zero-order chi connectivity index (χ0) is 14.6. The minimum Gasteiger partial charge on any atom is -0.339 e. The molecule has 1 amide bonds. The van der Waals surface area contributed by atoms with Crippen molar-refractivity contribution in [3.05, 3.63) is 0 Å². The Morgan fingerprint density at radius 2 is 1.79 bits per heavy atom. The number of piperazine rings is 1. The number of nitrogens with two attached hydrogens (primary N) is 1. The molecule has 7 heteroatoms. The number of alkyl halides is 3. The quantitative estimate of drug-likeness (QED) is 0.842. The van der Waals surface area contributed by atoms with Crippen LogP contribution in [0.5, 0.6) is 0 Å². The minimum absolute atomic E-state index is 0.152. The van der Waals surface area contributed by atoms with E-state index >= 15 is 0 Å². The predicted molar refractivity (Wildman–Crippen MR) is 66.6 cm³/mol. The summed E-state index contributed by atoms with van der Waals surface area (Å²) in [5.41, 5.74) is 5.74. The molecule has 0 radical (unpaired) electrons. The van der Waals surface area contributed by atoms with E-state index in [1.165, 1.54) is 4.90 Å². The zero-order valence-corrected chi connectivity index (χ0v) is 11.4. The molecule has 1 saturated heterocycles. The summed E-state index contributed by atoms with van der Waals surface area (Å²) in [7, 11) is 0. The summed E-state index contributed by atoms with van der Waals surface area (Å²) in [6.45, 7) is 4.21. The summed E-state index contributed by atoms with van der Waals surface area (Å²) in [6, 6.07) is -1.99. The van der Waals surface area contributed by atoms with Crippen LogP contribution in [0.15, 0.2) is 0 Å². The van der Waals surface area contributed by atoms with Gasteiger partial charge in [-0.05, 0) is 13.3 Å². The van der Waals surface area contributed by atoms with Crippen LogP contribution in [0, 0.1) is 0 Å². The van der Waals surface area contributed by atoms with E-state index in [1.54, 1.807) is 4.90 Å². The second-order valence-electron chi connectivity index (χ2n) is 4.97. The molecule has 1 fully saturated rings. The molecule has 2 N–H and O–H groups in total. The second-order valence-corrected chi connectivity index (χ2v) is 4.97. The van der Waals surface area contributed by atoms with Crippen molar-refractivity contribution in [3.63, 3.8) is 0 Å². The molecule has 1 heterocycles. The van der Waals surface area contributed by atoms with E-state index in [2.05, 4.69) is 0 Å². The lowest BCUT2D eigenvalue weighted by molar-refractivity contribution is -0.183. The third-order valence-corrected chi connectivity index (χ3v) is 3.56. The molecule has 0 aromatic rings. The Morgan fingerprint density at radius 3 is 2.21 bits per heavy atom. The minimum atomic E-state index is -4.22. The van der Waals surface area contributed by atoms with Crippen molar-refractivity contribution in [3.8, 4) is 0 Å². The van der Waals surface area contributed by atoms with E-state index < -0.39 is 18.3 Å². The molecular formula is C12H22F3N3O. The van der Waals surface area contributed by atoms with Crippen LogP contribution >= 0.6 is 0 Å². The fraction of sp³-hybridized carbons (Fsp3) is 0.917. The molecule has 0 aromatic heterocycles. The van der Waals surface area contributed by atoms with Crippen molar-refractivity contribution in [2.75, 3.05) is 26.2 Å². The first-order valence-corrected chi connectivity index (χ1v) is 6.62. The fourth-order valence-electron chi connectivity index (χ4n) is 2.21. The number of halogens is 3. The standard InChI is InChI=1S/C12H22F3N3O/c1-3-4-10(16)11(19)18-7-5-17(6-8-18)9(2)12(13,14)15/h9-10H,3-8,16H2,1-2H3. The monoisotopic (exact) mass is 281 g/mol. The topological polar surface area (TPSA) is 49.6 Å². The summed E-state index contributed by atoms with van der Waals surface area (Å²) in [5, 5.41) is 0. The molecule has 0 saturated carbocycles. The molecule has 1 aliphatic rings. The zero-order valence-electron chi connectivity index (χ0n) is 11.4. The fourth-order valence-corrected chi connectivity index (χ4v) is 2.21. The van der Waals surface area contributed by atoms with Crippen LogP contribution < -0.4 is 5.73 Å². The summed E-state index contributed by atoms with van der Waals surface area (Å²) in [5.74, 6) is -0.152. The highest BCUT2D eigenvalue weighted by molar-refractivity contribution is 5.81. The van der Waals surface area contributed by atoms with Crippen LogP contribution in [0.1, 0.15) is 26.7 Å². The van der Waals surface area contributed by atoms with Gasteiger partial charge in [0, 0.05) is 26.2 Å². The number of carbonyl (C=O) groups is 1. The van der Waals surface area contributed by atoms with Gasteiger partial charge in [0.2, 0.25) is 5.91 Å². The van der Waals surface area contributed by atoms with Gasteiger partial charge in [-0.15, -0.1) is 0 Å². The van der Waals surface area contributed by atoms with Gasteiger partial charge >= 0.3 is 6.18 Å². The summed E-state index contributed by atoms with van der Waals surface area (Å²) < 4.78 is 37.7. The van der Waals surface area contributed by atoms with E-state index in [-0.39, 0.29) is 19.0 Å². The average Bonchev–Trinajstić information content (AvgIpc) is 2.36. The van der Waals surface area contributed by atoms with E-state index in [1.807, 2.05) is 6.92 Å². The molecule has 0 spiro atoms. The lowest BCUT2D eigenvalue weighted by atomic mass is 10.1. The SMILES string of the molecule is CCCC(N)C(=O)N1CCN(C(C)C(F)(F)F)CC1. The predicted octanol–water partition coefficient (Wildman–Crippen LogP) is 1.21. The van der Waals surface area contributed by atoms with E-state index in [4.69, 9.17) is 5.73 Å². The number of nitrogens with zero attached hydrogens (tertiary/aromatic N) is 2. The van der Waals surface area contributed by atoms with Gasteiger partial charge in [-0.2, -0.15) is 13.2 Å². The van der Waals surface area contributed by atoms with Crippen molar-refractivity contribution >= 4 is 5.91 Å². The van der Waals surface area contributed by atoms with E-state index in [0.717, 1.165) is 13.3 Å². The van der Waals surface area contributed by atoms with E-state index in [0.29, 0.717) is 19.5 Å². The Kier molecular flexibility index (Phi) is 5.61. The smallest absolute Gasteiger partial charge is 0.339 e. The van der Waals surface area contributed by atoms with Gasteiger partial charge in [-0.1, -0.05) is 13.3 Å². The molecule has 2 atom stereocenters. The molecular weight excluding hydrogens is 259 g/mol. The maximum absolute atomic E-state index is 12.6. The maximum Gasteiger partial charge on any atom is 0.403 e. The molecule has 2 unspecified atom stereocenters. The van der Waals surface area contributed by atoms with Crippen molar-refractivity contribution in [2.45, 2.75) is 44.9 Å². The second kappa shape index (κ2) is 6.56. The van der Waals surface area contributed by atoms with Crippen molar-refractivity contribution < 1.29 is 18.0 Å². The van der Waals surface area contributed by atoms with Crippen LogP contribution in [0.3, 0.4) is 0 Å². The first-order chi connectivity index (χ1) is 8.77. The Hall–Kier alpha value is -0.820. The van der Waals surface area contributed by atoms with E-state index in [9.17, 15) is 18.0 Å². The molecule has 19 heavy (non-hydrogen) atoms. The van der Waals surface area contributed by atoms with Crippen LogP contribution in [0.25, 0.3) is 0 Å². The van der Waals surface area contributed by atoms with Gasteiger partial charge in [-0.3, -0.25) is 9.69 Å². The first-order valence-electron chi connectivity index (χ1n) is 6.62. The number of hydrogen-bond donors (Lipinski definition) is 1. The molecule has 0 aliphatic carbocycles. The molecule has 1 rings (SSSR count). The third kappa shape index (κ3) is 4.35. The Balaban J connectivity index is 2.47. The first kappa shape index (κ1) is 16.2. The van der Waals surface area contributed by atoms with Gasteiger partial charge in [0.1, 0.15) is 6.04 Å². The van der Waals surface area contributed by atoms with Crippen LogP contribution in [-0.2, 0) is 4.79 Å². The van der Waals surface area contributed by atoms with Gasteiger partial charge in [-0.25, -0.2) is 0 Å². The Labute approximate surface area is 111 Å². The van der Waals surface area contributed by atoms with Crippen molar-refractivity contribution in [2.24, 2.45) is 5.73 Å². The Bertz CT molecular complexity index is 301. The van der Waals surface area contributed by atoms with Gasteiger partial charge in [0.05, 0.1) is 6.04 Å². The highest BCUT2D eigenvalue weighted by Crippen LogP contribution is 2.25. The molecule has 112 valence electrons. The summed E-state index contributed by atoms with van der Waals surface area (Å²) >= 11 is 0. The number of carbonyl (C=O) groups excluding carboxylic acids is 1. The molecule has 4 nitrogen and oxygen atoms in total. The lowest BCUT2D eigenvalue weighted by Gasteiger charge is -2.39. The molecule has 1 aliphatic heterocycles. The molecule has 0 bridgehead atoms. The number of rotatable bonds is 4. The number of amides is 1. The van der Waals surface area contributed by atoms with Crippen molar-refractivity contribution in [1.29, 1.82) is 0 Å². The lowest BCUT2D eigenvalue weighted by Crippen LogP contribution is -2.57. The van der Waals surface area contributed by atoms with Crippen LogP contribution in [0.2, 0.25) is 0 Å². The highest BCUT2D eigenvalue weighted by atomic mass is 19.4. The highest BCUT2D eigenvalue weighted by Gasteiger charge is 2.41. The van der Waals surface area contributed by atoms with Crippen LogP contribution in [0.4, 0.5) is 13.2 Å². The third-order valence-electron chi connectivity index (χ3n) is 3.56. The van der Waals surface area contributed by atoms with Gasteiger partial charge < -0.3 is 10.6 Å².